The lowest BCUT2D eigenvalue weighted by Crippen LogP contribution is -2.33. The van der Waals surface area contributed by atoms with Crippen molar-refractivity contribution >= 4 is 45.8 Å². The number of benzene rings is 3. The van der Waals surface area contributed by atoms with Gasteiger partial charge in [-0.2, -0.15) is 5.10 Å². The van der Waals surface area contributed by atoms with E-state index in [9.17, 15) is 14.4 Å². The van der Waals surface area contributed by atoms with Crippen LogP contribution < -0.4 is 10.5 Å². The quantitative estimate of drug-likeness (QED) is 0.389. The fourth-order valence-corrected chi connectivity index (χ4v) is 5.04. The summed E-state index contributed by atoms with van der Waals surface area (Å²) >= 11 is 1.59. The third-order valence-corrected chi connectivity index (χ3v) is 6.64. The van der Waals surface area contributed by atoms with Crippen LogP contribution >= 0.6 is 11.8 Å². The van der Waals surface area contributed by atoms with Gasteiger partial charge in [-0.1, -0.05) is 61.2 Å². The van der Waals surface area contributed by atoms with E-state index in [4.69, 9.17) is 4.74 Å². The molecule has 0 spiro atoms. The minimum Gasteiger partial charge on any atom is -0.451 e. The van der Waals surface area contributed by atoms with Crippen molar-refractivity contribution in [1.29, 1.82) is 0 Å². The molecule has 4 aromatic rings. The van der Waals surface area contributed by atoms with Crippen LogP contribution in [0.4, 0.5) is 11.4 Å². The highest BCUT2D eigenvalue weighted by Gasteiger charge is 2.29. The Hall–Kier alpha value is -3.91. The molecule has 0 saturated carbocycles. The second kappa shape index (κ2) is 9.15. The molecule has 1 aromatic heterocycles. The Kier molecular flexibility index (Phi) is 5.90. The summed E-state index contributed by atoms with van der Waals surface area (Å²) < 4.78 is 6.71. The Labute approximate surface area is 200 Å². The van der Waals surface area contributed by atoms with Crippen molar-refractivity contribution in [3.63, 3.8) is 0 Å². The number of carbonyl (C=O) groups is 2. The molecule has 0 aliphatic carbocycles. The van der Waals surface area contributed by atoms with Crippen molar-refractivity contribution in [3.8, 4) is 0 Å². The summed E-state index contributed by atoms with van der Waals surface area (Å²) in [6, 6.07) is 22.0. The average molecular weight is 472 g/mol. The molecule has 0 unspecified atom stereocenters. The van der Waals surface area contributed by atoms with Crippen molar-refractivity contribution in [2.45, 2.75) is 29.7 Å². The van der Waals surface area contributed by atoms with Crippen LogP contribution in [0.1, 0.15) is 23.8 Å². The second-order valence-corrected chi connectivity index (χ2v) is 8.85. The molecule has 0 atom stereocenters. The summed E-state index contributed by atoms with van der Waals surface area (Å²) in [5.74, 6) is -1.12. The van der Waals surface area contributed by atoms with Gasteiger partial charge >= 0.3 is 5.97 Å². The van der Waals surface area contributed by atoms with Crippen molar-refractivity contribution < 1.29 is 14.3 Å². The minimum absolute atomic E-state index is 0.0199. The van der Waals surface area contributed by atoms with Gasteiger partial charge in [-0.05, 0) is 36.8 Å². The minimum atomic E-state index is -0.748. The molecule has 0 radical (unpaired) electrons. The molecule has 34 heavy (non-hydrogen) atoms. The van der Waals surface area contributed by atoms with E-state index in [0.29, 0.717) is 23.7 Å². The number of esters is 1. The third kappa shape index (κ3) is 3.86. The number of para-hydroxylation sites is 2. The fourth-order valence-electron chi connectivity index (χ4n) is 3.98. The van der Waals surface area contributed by atoms with Crippen LogP contribution in [-0.4, -0.2) is 28.3 Å². The summed E-state index contributed by atoms with van der Waals surface area (Å²) in [5, 5.41) is 5.05. The van der Waals surface area contributed by atoms with Crippen molar-refractivity contribution in [2.24, 2.45) is 0 Å². The molecule has 0 N–H and O–H groups in total. The van der Waals surface area contributed by atoms with Crippen LogP contribution in [-0.2, 0) is 16.1 Å². The largest absolute Gasteiger partial charge is 0.451 e. The van der Waals surface area contributed by atoms with Gasteiger partial charge < -0.3 is 4.74 Å². The van der Waals surface area contributed by atoms with E-state index in [-0.39, 0.29) is 17.2 Å². The first kappa shape index (κ1) is 21.9. The van der Waals surface area contributed by atoms with E-state index < -0.39 is 12.6 Å². The second-order valence-electron chi connectivity index (χ2n) is 7.77. The van der Waals surface area contributed by atoms with E-state index in [1.165, 1.54) is 4.68 Å². The first-order chi connectivity index (χ1) is 16.6. The number of hydrogen-bond acceptors (Lipinski definition) is 6. The molecule has 2 heterocycles. The number of hydrogen-bond donors (Lipinski definition) is 0. The maximum absolute atomic E-state index is 13.3. The number of aromatic nitrogens is 2. The smallest absolute Gasteiger partial charge is 0.359 e. The Morgan fingerprint density at radius 3 is 2.12 bits per heavy atom. The molecule has 170 valence electrons. The lowest BCUT2D eigenvalue weighted by Gasteiger charge is -2.30. The number of amides is 1. The molecule has 5 rings (SSSR count). The van der Waals surface area contributed by atoms with Crippen molar-refractivity contribution in [2.75, 3.05) is 11.5 Å². The number of aryl methyl sites for hydroxylation is 1. The summed E-state index contributed by atoms with van der Waals surface area (Å²) in [7, 11) is 0. The van der Waals surface area contributed by atoms with Crippen LogP contribution in [0.2, 0.25) is 0 Å². The molecule has 7 nitrogen and oxygen atoms in total. The van der Waals surface area contributed by atoms with Crippen LogP contribution in [0.25, 0.3) is 10.8 Å². The summed E-state index contributed by atoms with van der Waals surface area (Å²) in [4.78, 5) is 42.5. The van der Waals surface area contributed by atoms with Gasteiger partial charge in [0.2, 0.25) is 0 Å². The van der Waals surface area contributed by atoms with Gasteiger partial charge in [-0.3, -0.25) is 14.5 Å². The topological polar surface area (TPSA) is 81.5 Å². The average Bonchev–Trinajstić information content (AvgIpc) is 2.87. The first-order valence-corrected chi connectivity index (χ1v) is 11.8. The lowest BCUT2D eigenvalue weighted by atomic mass is 10.1. The van der Waals surface area contributed by atoms with Crippen molar-refractivity contribution in [3.05, 3.63) is 88.8 Å². The van der Waals surface area contributed by atoms with Gasteiger partial charge in [0.05, 0.1) is 16.8 Å². The van der Waals surface area contributed by atoms with E-state index in [0.717, 1.165) is 21.2 Å². The number of fused-ring (bicyclic) bond motifs is 3. The highest BCUT2D eigenvalue weighted by atomic mass is 32.2. The molecule has 0 bridgehead atoms. The normalized spacial score (nSPS) is 12.2. The zero-order chi connectivity index (χ0) is 23.7. The Balaban J connectivity index is 1.45. The maximum atomic E-state index is 13.3. The van der Waals surface area contributed by atoms with Crippen LogP contribution in [0, 0.1) is 0 Å². The third-order valence-electron chi connectivity index (χ3n) is 5.50. The molecule has 3 aromatic carbocycles. The van der Waals surface area contributed by atoms with Gasteiger partial charge in [-0.15, -0.1) is 0 Å². The summed E-state index contributed by atoms with van der Waals surface area (Å²) in [6.07, 6.45) is 0.685. The number of ether oxygens (including phenoxy) is 1. The number of rotatable bonds is 5. The first-order valence-electron chi connectivity index (χ1n) is 10.9. The van der Waals surface area contributed by atoms with Crippen LogP contribution in [0.5, 0.6) is 0 Å². The van der Waals surface area contributed by atoms with Gasteiger partial charge in [0.1, 0.15) is 0 Å². The predicted molar refractivity (Wildman–Crippen MR) is 131 cm³/mol. The molecule has 1 aliphatic rings. The highest BCUT2D eigenvalue weighted by Crippen LogP contribution is 2.47. The Morgan fingerprint density at radius 2 is 1.47 bits per heavy atom. The molecule has 1 aliphatic heterocycles. The van der Waals surface area contributed by atoms with E-state index >= 15 is 0 Å². The fraction of sp³-hybridized carbons (Fsp3) is 0.154. The van der Waals surface area contributed by atoms with Crippen molar-refractivity contribution in [1.82, 2.24) is 9.78 Å². The van der Waals surface area contributed by atoms with E-state index in [1.807, 2.05) is 55.5 Å². The Bertz CT molecular complexity index is 1440. The van der Waals surface area contributed by atoms with Gasteiger partial charge in [0.25, 0.3) is 11.5 Å². The zero-order valence-electron chi connectivity index (χ0n) is 18.4. The van der Waals surface area contributed by atoms with Crippen LogP contribution in [0.15, 0.2) is 87.4 Å². The molecule has 1 amide bonds. The van der Waals surface area contributed by atoms with E-state index in [2.05, 4.69) is 5.10 Å². The van der Waals surface area contributed by atoms with Gasteiger partial charge in [0.15, 0.2) is 12.3 Å². The van der Waals surface area contributed by atoms with Crippen LogP contribution in [0.3, 0.4) is 0 Å². The lowest BCUT2D eigenvalue weighted by molar-refractivity contribution is -0.121. The predicted octanol–water partition coefficient (Wildman–Crippen LogP) is 4.79. The molecule has 8 heteroatoms. The number of nitrogens with zero attached hydrogens (tertiary/aromatic N) is 3. The summed E-state index contributed by atoms with van der Waals surface area (Å²) in [5.41, 5.74) is 1.25. The number of anilines is 2. The summed E-state index contributed by atoms with van der Waals surface area (Å²) in [6.45, 7) is 1.84. The number of carbonyl (C=O) groups excluding carboxylic acids is 2. The highest BCUT2D eigenvalue weighted by molar-refractivity contribution is 7.99. The molecule has 0 fully saturated rings. The van der Waals surface area contributed by atoms with Gasteiger partial charge in [-0.25, -0.2) is 9.48 Å². The monoisotopic (exact) mass is 471 g/mol. The zero-order valence-corrected chi connectivity index (χ0v) is 19.2. The molecular formula is C26H21N3O4S. The Morgan fingerprint density at radius 1 is 0.882 bits per heavy atom. The van der Waals surface area contributed by atoms with Gasteiger partial charge in [0, 0.05) is 21.7 Å². The molecular weight excluding hydrogens is 450 g/mol. The maximum Gasteiger partial charge on any atom is 0.359 e. The molecule has 0 saturated heterocycles. The van der Waals surface area contributed by atoms with E-state index in [1.54, 1.807) is 40.9 Å². The SMILES string of the molecule is CCCn1nc(C(=O)OCC(=O)N2c3ccccc3Sc3ccccc32)c2ccccc2c1=O. The standard InChI is InChI=1S/C26H21N3O4S/c1-2-15-28-25(31)18-10-4-3-9-17(18)24(27-28)26(32)33-16-23(30)29-19-11-5-7-13-21(19)34-22-14-8-6-12-20(22)29/h3-14H,2,15-16H2,1H3.